The quantitative estimate of drug-likeness (QED) is 0.611. The molecule has 1 amide bonds. The monoisotopic (exact) mass is 434 g/mol. The molecule has 0 saturated carbocycles. The Kier molecular flexibility index (Phi) is 6.15. The third-order valence-electron chi connectivity index (χ3n) is 6.14. The van der Waals surface area contributed by atoms with Crippen LogP contribution in [0.25, 0.3) is 0 Å². The summed E-state index contributed by atoms with van der Waals surface area (Å²) in [4.78, 5) is 17.5. The maximum atomic E-state index is 13.5. The van der Waals surface area contributed by atoms with Gasteiger partial charge in [-0.05, 0) is 29.3 Å². The van der Waals surface area contributed by atoms with Crippen LogP contribution in [0, 0.1) is 5.82 Å². The Balaban J connectivity index is 1.52. The van der Waals surface area contributed by atoms with Crippen LogP contribution in [0.4, 0.5) is 4.39 Å². The maximum Gasteiger partial charge on any atom is 0.272 e. The lowest BCUT2D eigenvalue weighted by Crippen LogP contribution is -2.50. The molecule has 1 aromatic heterocycles. The van der Waals surface area contributed by atoms with Crippen molar-refractivity contribution in [3.05, 3.63) is 89.0 Å². The highest BCUT2D eigenvalue weighted by molar-refractivity contribution is 5.92. The molecule has 2 heterocycles. The summed E-state index contributed by atoms with van der Waals surface area (Å²) in [5.41, 5.74) is 3.66. The smallest absolute Gasteiger partial charge is 0.272 e. The highest BCUT2D eigenvalue weighted by Crippen LogP contribution is 2.30. The SMILES string of the molecule is Cn1nc(C(C)(C)C)cc1C(=O)N1CCN(C(c2ccccc2)c2ccc(F)cc2)CC1. The second-order valence-corrected chi connectivity index (χ2v) is 9.48. The van der Waals surface area contributed by atoms with Crippen molar-refractivity contribution in [2.75, 3.05) is 26.2 Å². The predicted octanol–water partition coefficient (Wildman–Crippen LogP) is 4.40. The number of carbonyl (C=O) groups is 1. The van der Waals surface area contributed by atoms with Crippen molar-refractivity contribution in [1.82, 2.24) is 19.6 Å². The minimum atomic E-state index is -0.234. The van der Waals surface area contributed by atoms with Gasteiger partial charge in [0.15, 0.2) is 0 Å². The fourth-order valence-corrected chi connectivity index (χ4v) is 4.27. The molecule has 32 heavy (non-hydrogen) atoms. The Bertz CT molecular complexity index is 1060. The second-order valence-electron chi connectivity index (χ2n) is 9.48. The van der Waals surface area contributed by atoms with Gasteiger partial charge in [0.1, 0.15) is 11.5 Å². The van der Waals surface area contributed by atoms with Crippen molar-refractivity contribution in [1.29, 1.82) is 0 Å². The predicted molar refractivity (Wildman–Crippen MR) is 124 cm³/mol. The van der Waals surface area contributed by atoms with Crippen molar-refractivity contribution in [2.24, 2.45) is 7.05 Å². The standard InChI is InChI=1S/C26H31FN4O/c1-26(2,3)23-18-22(29(4)28-23)25(32)31-16-14-30(15-17-31)24(19-8-6-5-7-9-19)20-10-12-21(27)13-11-20/h5-13,18,24H,14-17H2,1-4H3. The minimum absolute atomic E-state index is 0.0215. The first-order valence-electron chi connectivity index (χ1n) is 11.1. The summed E-state index contributed by atoms with van der Waals surface area (Å²) in [6.45, 7) is 9.06. The normalized spacial score (nSPS) is 16.2. The molecule has 0 radical (unpaired) electrons. The van der Waals surface area contributed by atoms with Crippen LogP contribution in [0.2, 0.25) is 0 Å². The van der Waals surface area contributed by atoms with Gasteiger partial charge in [-0.2, -0.15) is 5.10 Å². The molecule has 5 nitrogen and oxygen atoms in total. The maximum absolute atomic E-state index is 13.5. The number of carbonyl (C=O) groups excluding carboxylic acids is 1. The van der Waals surface area contributed by atoms with E-state index < -0.39 is 0 Å². The Morgan fingerprint density at radius 1 is 0.938 bits per heavy atom. The van der Waals surface area contributed by atoms with Gasteiger partial charge in [-0.15, -0.1) is 0 Å². The van der Waals surface area contributed by atoms with E-state index in [1.165, 1.54) is 17.7 Å². The van der Waals surface area contributed by atoms with Crippen LogP contribution in [-0.4, -0.2) is 51.7 Å². The van der Waals surface area contributed by atoms with Gasteiger partial charge < -0.3 is 4.90 Å². The summed E-state index contributed by atoms with van der Waals surface area (Å²) < 4.78 is 15.2. The van der Waals surface area contributed by atoms with Crippen molar-refractivity contribution in [3.63, 3.8) is 0 Å². The summed E-state index contributed by atoms with van der Waals surface area (Å²) >= 11 is 0. The number of hydrogen-bond donors (Lipinski definition) is 0. The van der Waals surface area contributed by atoms with Crippen LogP contribution in [0.1, 0.15) is 54.1 Å². The van der Waals surface area contributed by atoms with Gasteiger partial charge in [0, 0.05) is 38.6 Å². The third-order valence-corrected chi connectivity index (χ3v) is 6.14. The molecular weight excluding hydrogens is 403 g/mol. The zero-order valence-electron chi connectivity index (χ0n) is 19.3. The Labute approximate surface area is 189 Å². The fourth-order valence-electron chi connectivity index (χ4n) is 4.27. The van der Waals surface area contributed by atoms with E-state index >= 15 is 0 Å². The molecule has 0 aliphatic carbocycles. The molecule has 1 fully saturated rings. The summed E-state index contributed by atoms with van der Waals surface area (Å²) in [6, 6.07) is 19.0. The third kappa shape index (κ3) is 4.60. The van der Waals surface area contributed by atoms with Crippen molar-refractivity contribution in [2.45, 2.75) is 32.2 Å². The first kappa shape index (κ1) is 22.2. The zero-order chi connectivity index (χ0) is 22.9. The van der Waals surface area contributed by atoms with Gasteiger partial charge in [-0.25, -0.2) is 4.39 Å². The van der Waals surface area contributed by atoms with Crippen LogP contribution >= 0.6 is 0 Å². The lowest BCUT2D eigenvalue weighted by molar-refractivity contribution is 0.0587. The minimum Gasteiger partial charge on any atom is -0.335 e. The van der Waals surface area contributed by atoms with Gasteiger partial charge in [0.2, 0.25) is 0 Å². The molecule has 1 atom stereocenters. The number of aryl methyl sites for hydroxylation is 1. The van der Waals surface area contributed by atoms with Gasteiger partial charge in [0.05, 0.1) is 11.7 Å². The van der Waals surface area contributed by atoms with Gasteiger partial charge in [0.25, 0.3) is 5.91 Å². The molecule has 1 unspecified atom stereocenters. The Hall–Kier alpha value is -2.99. The molecule has 0 spiro atoms. The van der Waals surface area contributed by atoms with E-state index in [0.717, 1.165) is 24.3 Å². The highest BCUT2D eigenvalue weighted by atomic mass is 19.1. The number of amides is 1. The average molecular weight is 435 g/mol. The Morgan fingerprint density at radius 2 is 1.53 bits per heavy atom. The second kappa shape index (κ2) is 8.87. The number of halogens is 1. The number of hydrogen-bond acceptors (Lipinski definition) is 3. The lowest BCUT2D eigenvalue weighted by Gasteiger charge is -2.39. The molecule has 168 valence electrons. The van der Waals surface area contributed by atoms with Gasteiger partial charge >= 0.3 is 0 Å². The first-order valence-corrected chi connectivity index (χ1v) is 11.1. The highest BCUT2D eigenvalue weighted by Gasteiger charge is 2.30. The average Bonchev–Trinajstić information content (AvgIpc) is 3.18. The van der Waals surface area contributed by atoms with Gasteiger partial charge in [-0.3, -0.25) is 14.4 Å². The molecular formula is C26H31FN4O. The molecule has 0 bridgehead atoms. The number of rotatable bonds is 4. The summed E-state index contributed by atoms with van der Waals surface area (Å²) in [5.74, 6) is -0.213. The number of piperazine rings is 1. The van der Waals surface area contributed by atoms with E-state index in [1.807, 2.05) is 48.3 Å². The van der Waals surface area contributed by atoms with Crippen molar-refractivity contribution < 1.29 is 9.18 Å². The molecule has 3 aromatic rings. The van der Waals surface area contributed by atoms with Crippen LogP contribution < -0.4 is 0 Å². The lowest BCUT2D eigenvalue weighted by atomic mass is 9.92. The number of nitrogens with zero attached hydrogens (tertiary/aromatic N) is 4. The molecule has 1 aliphatic rings. The largest absolute Gasteiger partial charge is 0.335 e. The molecule has 2 aromatic carbocycles. The Morgan fingerprint density at radius 3 is 2.09 bits per heavy atom. The van der Waals surface area contributed by atoms with Crippen molar-refractivity contribution in [3.8, 4) is 0 Å². The molecule has 6 heteroatoms. The molecule has 1 saturated heterocycles. The van der Waals surface area contributed by atoms with Gasteiger partial charge in [-0.1, -0.05) is 63.2 Å². The van der Waals surface area contributed by atoms with E-state index in [0.29, 0.717) is 18.8 Å². The van der Waals surface area contributed by atoms with E-state index in [4.69, 9.17) is 0 Å². The topological polar surface area (TPSA) is 41.4 Å². The molecule has 1 aliphatic heterocycles. The van der Waals surface area contributed by atoms with E-state index in [9.17, 15) is 9.18 Å². The first-order chi connectivity index (χ1) is 15.2. The van der Waals surface area contributed by atoms with Crippen LogP contribution in [-0.2, 0) is 12.5 Å². The van der Waals surface area contributed by atoms with E-state index in [2.05, 4.69) is 42.9 Å². The van der Waals surface area contributed by atoms with E-state index in [-0.39, 0.29) is 23.2 Å². The number of aromatic nitrogens is 2. The van der Waals surface area contributed by atoms with Crippen LogP contribution in [0.5, 0.6) is 0 Å². The van der Waals surface area contributed by atoms with Crippen LogP contribution in [0.3, 0.4) is 0 Å². The molecule has 4 rings (SSSR count). The van der Waals surface area contributed by atoms with E-state index in [1.54, 1.807) is 4.68 Å². The summed E-state index contributed by atoms with van der Waals surface area (Å²) in [7, 11) is 1.83. The summed E-state index contributed by atoms with van der Waals surface area (Å²) in [5, 5.41) is 4.56. The number of benzene rings is 2. The summed E-state index contributed by atoms with van der Waals surface area (Å²) in [6.07, 6.45) is 0. The van der Waals surface area contributed by atoms with Crippen LogP contribution in [0.15, 0.2) is 60.7 Å². The zero-order valence-corrected chi connectivity index (χ0v) is 19.3. The fraction of sp³-hybridized carbons (Fsp3) is 0.385. The van der Waals surface area contributed by atoms with Crippen molar-refractivity contribution >= 4 is 5.91 Å². The molecule has 0 N–H and O–H groups in total.